The average Bonchev–Trinajstić information content (AvgIpc) is 3.81. The molecule has 50 heavy (non-hydrogen) atoms. The second-order valence-electron chi connectivity index (χ2n) is 12.9. The Balaban J connectivity index is 1.42. The highest BCUT2D eigenvalue weighted by Crippen LogP contribution is 2.48. The molecule has 4 aromatic rings. The number of fused-ring (bicyclic) bond motifs is 3. The molecule has 4 unspecified atom stereocenters. The number of hydrogen-bond donors (Lipinski definition) is 1. The van der Waals surface area contributed by atoms with Crippen LogP contribution in [0.5, 0.6) is 11.9 Å². The quantitative estimate of drug-likeness (QED) is 0.165. The number of anilines is 1. The number of rotatable bonds is 7. The van der Waals surface area contributed by atoms with E-state index in [1.54, 1.807) is 13.0 Å². The van der Waals surface area contributed by atoms with Gasteiger partial charge < -0.3 is 20.1 Å². The van der Waals surface area contributed by atoms with Gasteiger partial charge in [-0.3, -0.25) is 9.69 Å². The molecule has 3 saturated heterocycles. The summed E-state index contributed by atoms with van der Waals surface area (Å²) in [4.78, 5) is 24.4. The topological polar surface area (TPSA) is 118 Å². The van der Waals surface area contributed by atoms with Gasteiger partial charge in [0, 0.05) is 36.9 Å². The Morgan fingerprint density at radius 2 is 2.06 bits per heavy atom. The van der Waals surface area contributed by atoms with Crippen LogP contribution in [0.25, 0.3) is 32.1 Å². The number of nitrogens with zero attached hydrogens (tertiary/aromatic N) is 5. The van der Waals surface area contributed by atoms with Crippen LogP contribution in [0, 0.1) is 23.0 Å². The van der Waals surface area contributed by atoms with Crippen LogP contribution in [0.3, 0.4) is 0 Å². The number of halogens is 6. The molecule has 2 aromatic carbocycles. The molecule has 0 radical (unpaired) electrons. The minimum absolute atomic E-state index is 0.0623. The minimum Gasteiger partial charge on any atom is -0.471 e. The molecule has 3 aliphatic rings. The number of likely N-dealkylation sites (tertiary alicyclic amines) is 1. The zero-order chi connectivity index (χ0) is 35.7. The van der Waals surface area contributed by atoms with Crippen molar-refractivity contribution in [2.75, 3.05) is 32.0 Å². The highest BCUT2D eigenvalue weighted by Gasteiger charge is 2.49. The van der Waals surface area contributed by atoms with Crippen molar-refractivity contribution in [1.29, 1.82) is 5.26 Å². The van der Waals surface area contributed by atoms with Crippen molar-refractivity contribution in [2.24, 2.45) is 0 Å². The van der Waals surface area contributed by atoms with Gasteiger partial charge in [-0.05, 0) is 50.1 Å². The van der Waals surface area contributed by atoms with Crippen LogP contribution in [0.15, 0.2) is 30.9 Å². The number of thiophene rings is 1. The smallest absolute Gasteiger partial charge is 0.417 e. The lowest BCUT2D eigenvalue weighted by atomic mass is 9.92. The van der Waals surface area contributed by atoms with Gasteiger partial charge in [0.1, 0.15) is 41.3 Å². The molecular formula is C34H30F6N6O3S. The standard InChI is InChI=1S/C34H30F6N6O3S/c1-3-24(47)46-10-7-23(16(46)2)49-31-19-11-21(34(38,39)40)26(18-5-6-22(36)29-25(18)20(13-41)30(42)50-29)27(37)28(19)43-32(44-31)48-15-33-8-4-9-45(33)14-17(35)12-33/h3,5-6,11,16-17,23H,1,4,7-10,12,14-15,42H2,2H3. The molecule has 0 spiro atoms. The van der Waals surface area contributed by atoms with Crippen LogP contribution in [0.4, 0.5) is 31.3 Å². The van der Waals surface area contributed by atoms with Crippen molar-refractivity contribution in [3.63, 3.8) is 0 Å². The van der Waals surface area contributed by atoms with Gasteiger partial charge in [-0.15, -0.1) is 11.3 Å². The van der Waals surface area contributed by atoms with E-state index < -0.39 is 81.2 Å². The van der Waals surface area contributed by atoms with Crippen LogP contribution >= 0.6 is 11.3 Å². The number of nitrogens with two attached hydrogens (primary N) is 1. The number of ether oxygens (including phenoxy) is 2. The van der Waals surface area contributed by atoms with Gasteiger partial charge in [-0.25, -0.2) is 13.2 Å². The van der Waals surface area contributed by atoms with E-state index in [0.717, 1.165) is 24.6 Å². The monoisotopic (exact) mass is 716 g/mol. The Hall–Kier alpha value is -4.62. The summed E-state index contributed by atoms with van der Waals surface area (Å²) in [7, 11) is 0. The fourth-order valence-corrected chi connectivity index (χ4v) is 8.57. The number of carbonyl (C=O) groups excluding carboxylic acids is 1. The molecular weight excluding hydrogens is 686 g/mol. The highest BCUT2D eigenvalue weighted by atomic mass is 32.1. The summed E-state index contributed by atoms with van der Waals surface area (Å²) < 4.78 is 103. The summed E-state index contributed by atoms with van der Waals surface area (Å²) in [6, 6.07) is 3.34. The van der Waals surface area contributed by atoms with Gasteiger partial charge in [-0.2, -0.15) is 28.4 Å². The summed E-state index contributed by atoms with van der Waals surface area (Å²) in [6.45, 7) is 6.30. The molecule has 0 aliphatic carbocycles. The molecule has 262 valence electrons. The predicted octanol–water partition coefficient (Wildman–Crippen LogP) is 6.77. The first-order valence-corrected chi connectivity index (χ1v) is 16.7. The molecule has 2 aromatic heterocycles. The summed E-state index contributed by atoms with van der Waals surface area (Å²) in [5, 5.41) is 8.95. The number of hydrogen-bond acceptors (Lipinski definition) is 9. The molecule has 7 rings (SSSR count). The second kappa shape index (κ2) is 12.3. The number of aromatic nitrogens is 2. The first kappa shape index (κ1) is 33.9. The van der Waals surface area contributed by atoms with Crippen LogP contribution in [-0.2, 0) is 11.0 Å². The summed E-state index contributed by atoms with van der Waals surface area (Å²) in [5.41, 5.74) is 1.56. The van der Waals surface area contributed by atoms with Gasteiger partial charge in [0.05, 0.1) is 32.8 Å². The van der Waals surface area contributed by atoms with Crippen molar-refractivity contribution < 1.29 is 40.6 Å². The molecule has 3 fully saturated rings. The fourth-order valence-electron chi connectivity index (χ4n) is 7.62. The van der Waals surface area contributed by atoms with Crippen LogP contribution in [-0.4, -0.2) is 75.8 Å². The molecule has 16 heteroatoms. The van der Waals surface area contributed by atoms with Crippen LogP contribution < -0.4 is 15.2 Å². The lowest BCUT2D eigenvalue weighted by Crippen LogP contribution is -2.43. The number of benzene rings is 2. The number of amides is 1. The van der Waals surface area contributed by atoms with Crippen molar-refractivity contribution in [3.05, 3.63) is 53.6 Å². The van der Waals surface area contributed by atoms with Crippen LogP contribution in [0.1, 0.15) is 43.7 Å². The molecule has 5 heterocycles. The van der Waals surface area contributed by atoms with Gasteiger partial charge in [0.25, 0.3) is 0 Å². The van der Waals surface area contributed by atoms with Gasteiger partial charge >= 0.3 is 12.2 Å². The van der Waals surface area contributed by atoms with E-state index in [9.17, 15) is 32.0 Å². The maximum absolute atomic E-state index is 17.0. The van der Waals surface area contributed by atoms with Gasteiger partial charge in [-0.1, -0.05) is 12.6 Å². The predicted molar refractivity (Wildman–Crippen MR) is 173 cm³/mol. The van der Waals surface area contributed by atoms with Crippen molar-refractivity contribution in [1.82, 2.24) is 19.8 Å². The molecule has 4 atom stereocenters. The summed E-state index contributed by atoms with van der Waals surface area (Å²) in [5.74, 6) is -3.07. The van der Waals surface area contributed by atoms with E-state index in [1.807, 2.05) is 4.90 Å². The van der Waals surface area contributed by atoms with E-state index >= 15 is 4.39 Å². The van der Waals surface area contributed by atoms with Crippen LogP contribution in [0.2, 0.25) is 0 Å². The third-order valence-electron chi connectivity index (χ3n) is 10.0. The SMILES string of the molecule is C=CC(=O)N1CCC(Oc2nc(OCC34CCCN3CC(F)C4)nc3c(F)c(-c4ccc(F)c5sc(N)c(C#N)c45)c(C(F)(F)F)cc23)C1C. The number of nitriles is 1. The summed E-state index contributed by atoms with van der Waals surface area (Å²) in [6.07, 6.45) is -3.91. The Kier molecular flexibility index (Phi) is 8.33. The van der Waals surface area contributed by atoms with E-state index in [1.165, 1.54) is 4.90 Å². The van der Waals surface area contributed by atoms with E-state index in [4.69, 9.17) is 15.2 Å². The first-order valence-electron chi connectivity index (χ1n) is 15.9. The zero-order valence-electron chi connectivity index (χ0n) is 26.6. The molecule has 9 nitrogen and oxygen atoms in total. The Bertz CT molecular complexity index is 2100. The normalized spacial score (nSPS) is 23.8. The minimum atomic E-state index is -5.16. The highest BCUT2D eigenvalue weighted by molar-refractivity contribution is 7.23. The largest absolute Gasteiger partial charge is 0.471 e. The number of nitrogen functional groups attached to an aromatic ring is 1. The maximum Gasteiger partial charge on any atom is 0.417 e. The molecule has 0 bridgehead atoms. The van der Waals surface area contributed by atoms with E-state index in [-0.39, 0.29) is 59.1 Å². The third-order valence-corrected chi connectivity index (χ3v) is 11.0. The van der Waals surface area contributed by atoms with Gasteiger partial charge in [0.2, 0.25) is 11.8 Å². The Morgan fingerprint density at radius 1 is 1.28 bits per heavy atom. The van der Waals surface area contributed by atoms with Crippen molar-refractivity contribution in [3.8, 4) is 29.1 Å². The van der Waals surface area contributed by atoms with E-state index in [0.29, 0.717) is 30.4 Å². The van der Waals surface area contributed by atoms with Crippen molar-refractivity contribution >= 4 is 43.2 Å². The molecule has 1 amide bonds. The van der Waals surface area contributed by atoms with E-state index in [2.05, 4.69) is 16.5 Å². The maximum atomic E-state index is 17.0. The lowest BCUT2D eigenvalue weighted by Gasteiger charge is -2.31. The first-order chi connectivity index (χ1) is 23.8. The molecule has 2 N–H and O–H groups in total. The Labute approximate surface area is 285 Å². The molecule has 3 aliphatic heterocycles. The number of carbonyl (C=O) groups is 1. The third kappa shape index (κ3) is 5.47. The second-order valence-corrected chi connectivity index (χ2v) is 13.9. The zero-order valence-corrected chi connectivity index (χ0v) is 27.4. The fraction of sp³-hybridized carbons (Fsp3) is 0.412. The molecule has 0 saturated carbocycles. The average molecular weight is 717 g/mol. The Morgan fingerprint density at radius 3 is 2.78 bits per heavy atom. The van der Waals surface area contributed by atoms with Crippen molar-refractivity contribution in [2.45, 2.75) is 62.6 Å². The van der Waals surface area contributed by atoms with Gasteiger partial charge in [0.15, 0.2) is 5.82 Å². The number of alkyl halides is 4. The lowest BCUT2D eigenvalue weighted by molar-refractivity contribution is -0.137. The summed E-state index contributed by atoms with van der Waals surface area (Å²) >= 11 is 0.660.